The monoisotopic (exact) mass is 288 g/mol. The van der Waals surface area contributed by atoms with Gasteiger partial charge in [0.25, 0.3) is 5.91 Å². The van der Waals surface area contributed by atoms with Crippen molar-refractivity contribution in [3.8, 4) is 0 Å². The zero-order valence-corrected chi connectivity index (χ0v) is 12.7. The van der Waals surface area contributed by atoms with E-state index >= 15 is 0 Å². The first-order valence-corrected chi connectivity index (χ1v) is 7.95. The molecule has 0 aromatic carbocycles. The second kappa shape index (κ2) is 6.43. The number of anilines is 1. The molecule has 0 radical (unpaired) electrons. The molecule has 2 aliphatic heterocycles. The number of carbonyl (C=O) groups is 1. The van der Waals surface area contributed by atoms with Gasteiger partial charge in [-0.25, -0.2) is 4.98 Å². The topological polar surface area (TPSA) is 48.5 Å². The maximum absolute atomic E-state index is 12.7. The number of likely N-dealkylation sites (tertiary alicyclic amines) is 2. The highest BCUT2D eigenvalue weighted by molar-refractivity contribution is 5.98. The lowest BCUT2D eigenvalue weighted by Gasteiger charge is -2.32. The molecule has 21 heavy (non-hydrogen) atoms. The summed E-state index contributed by atoms with van der Waals surface area (Å²) in [5.41, 5.74) is 0.680. The Labute approximate surface area is 126 Å². The molecule has 3 heterocycles. The first-order valence-electron chi connectivity index (χ1n) is 7.95. The summed E-state index contributed by atoms with van der Waals surface area (Å²) in [6, 6.07) is 4.23. The van der Waals surface area contributed by atoms with E-state index in [0.717, 1.165) is 19.5 Å². The van der Waals surface area contributed by atoms with Crippen molar-refractivity contribution < 1.29 is 4.79 Å². The van der Waals surface area contributed by atoms with Crippen molar-refractivity contribution in [2.75, 3.05) is 38.5 Å². The van der Waals surface area contributed by atoms with Crippen molar-refractivity contribution in [2.45, 2.75) is 31.7 Å². The molecule has 1 unspecified atom stereocenters. The number of hydrogen-bond donors (Lipinski definition) is 1. The van der Waals surface area contributed by atoms with Crippen LogP contribution in [0.1, 0.15) is 36.0 Å². The second-order valence-electron chi connectivity index (χ2n) is 5.94. The van der Waals surface area contributed by atoms with Gasteiger partial charge in [0.1, 0.15) is 5.82 Å². The van der Waals surface area contributed by atoms with E-state index in [1.807, 2.05) is 17.0 Å². The minimum Gasteiger partial charge on any atom is -0.372 e. The number of amides is 1. The fourth-order valence-corrected chi connectivity index (χ4v) is 3.46. The molecule has 1 N–H and O–H groups in total. The maximum atomic E-state index is 12.7. The Bertz CT molecular complexity index is 499. The summed E-state index contributed by atoms with van der Waals surface area (Å²) >= 11 is 0. The molecular formula is C16H24N4O. The molecule has 2 fully saturated rings. The molecule has 5 heteroatoms. The molecule has 0 bridgehead atoms. The highest BCUT2D eigenvalue weighted by Gasteiger charge is 2.32. The minimum atomic E-state index is 0.104. The van der Waals surface area contributed by atoms with E-state index in [0.29, 0.717) is 17.4 Å². The zero-order chi connectivity index (χ0) is 14.7. The van der Waals surface area contributed by atoms with Crippen LogP contribution in [0.4, 0.5) is 5.82 Å². The van der Waals surface area contributed by atoms with Crippen LogP contribution in [0.3, 0.4) is 0 Å². The smallest absolute Gasteiger partial charge is 0.257 e. The van der Waals surface area contributed by atoms with E-state index in [9.17, 15) is 4.79 Å². The highest BCUT2D eigenvalue weighted by Crippen LogP contribution is 2.23. The lowest BCUT2D eigenvalue weighted by molar-refractivity contribution is 0.0772. The molecule has 0 saturated carbocycles. The number of aromatic nitrogens is 1. The zero-order valence-electron chi connectivity index (χ0n) is 12.7. The van der Waals surface area contributed by atoms with Crippen LogP contribution in [-0.2, 0) is 0 Å². The Morgan fingerprint density at radius 2 is 2.10 bits per heavy atom. The Hall–Kier alpha value is -1.62. The largest absolute Gasteiger partial charge is 0.372 e. The third kappa shape index (κ3) is 3.02. The maximum Gasteiger partial charge on any atom is 0.257 e. The van der Waals surface area contributed by atoms with Gasteiger partial charge in [0.2, 0.25) is 0 Å². The Balaban J connectivity index is 1.66. The predicted molar refractivity (Wildman–Crippen MR) is 83.5 cm³/mol. The third-order valence-corrected chi connectivity index (χ3v) is 4.63. The Kier molecular flexibility index (Phi) is 4.39. The van der Waals surface area contributed by atoms with Crippen LogP contribution in [-0.4, -0.2) is 60.0 Å². The molecule has 0 aliphatic carbocycles. The Morgan fingerprint density at radius 3 is 2.86 bits per heavy atom. The first kappa shape index (κ1) is 14.3. The van der Waals surface area contributed by atoms with Crippen LogP contribution in [0, 0.1) is 0 Å². The molecule has 5 nitrogen and oxygen atoms in total. The molecule has 1 aromatic rings. The van der Waals surface area contributed by atoms with Crippen LogP contribution in [0.5, 0.6) is 0 Å². The minimum absolute atomic E-state index is 0.104. The van der Waals surface area contributed by atoms with Crippen LogP contribution in [0.25, 0.3) is 0 Å². The van der Waals surface area contributed by atoms with Crippen LogP contribution in [0.15, 0.2) is 18.3 Å². The molecule has 114 valence electrons. The number of carbonyl (C=O) groups excluding carboxylic acids is 1. The Morgan fingerprint density at radius 1 is 1.29 bits per heavy atom. The van der Waals surface area contributed by atoms with E-state index in [-0.39, 0.29) is 5.91 Å². The third-order valence-electron chi connectivity index (χ3n) is 4.63. The number of nitrogens with zero attached hydrogens (tertiary/aromatic N) is 3. The van der Waals surface area contributed by atoms with Gasteiger partial charge in [0.15, 0.2) is 0 Å². The van der Waals surface area contributed by atoms with Gasteiger partial charge in [0.05, 0.1) is 5.56 Å². The van der Waals surface area contributed by atoms with E-state index in [1.165, 1.54) is 32.4 Å². The van der Waals surface area contributed by atoms with Gasteiger partial charge in [-0.3, -0.25) is 9.69 Å². The summed E-state index contributed by atoms with van der Waals surface area (Å²) in [4.78, 5) is 21.5. The molecule has 1 atom stereocenters. The van der Waals surface area contributed by atoms with E-state index in [1.54, 1.807) is 13.2 Å². The quantitative estimate of drug-likeness (QED) is 0.922. The average molecular weight is 288 g/mol. The molecule has 2 aliphatic rings. The van der Waals surface area contributed by atoms with Crippen molar-refractivity contribution in [3.63, 3.8) is 0 Å². The van der Waals surface area contributed by atoms with Crippen molar-refractivity contribution >= 4 is 11.7 Å². The van der Waals surface area contributed by atoms with Gasteiger partial charge in [-0.15, -0.1) is 0 Å². The highest BCUT2D eigenvalue weighted by atomic mass is 16.2. The van der Waals surface area contributed by atoms with Gasteiger partial charge in [-0.1, -0.05) is 6.42 Å². The summed E-state index contributed by atoms with van der Waals surface area (Å²) in [6.45, 7) is 4.11. The fourth-order valence-electron chi connectivity index (χ4n) is 3.46. The van der Waals surface area contributed by atoms with Crippen LogP contribution < -0.4 is 5.32 Å². The molecule has 3 rings (SSSR count). The number of nitrogens with one attached hydrogen (secondary N) is 1. The molecule has 1 aromatic heterocycles. The average Bonchev–Trinajstić information content (AvgIpc) is 3.05. The van der Waals surface area contributed by atoms with Gasteiger partial charge in [0, 0.05) is 32.4 Å². The van der Waals surface area contributed by atoms with Gasteiger partial charge in [-0.05, 0) is 44.5 Å². The molecule has 0 spiro atoms. The summed E-state index contributed by atoms with van der Waals surface area (Å²) in [7, 11) is 1.81. The summed E-state index contributed by atoms with van der Waals surface area (Å²) in [5.74, 6) is 0.774. The van der Waals surface area contributed by atoms with Crippen molar-refractivity contribution in [2.24, 2.45) is 0 Å². The van der Waals surface area contributed by atoms with E-state index in [4.69, 9.17) is 0 Å². The van der Waals surface area contributed by atoms with Gasteiger partial charge < -0.3 is 10.2 Å². The fraction of sp³-hybridized carbons (Fsp3) is 0.625. The normalized spacial score (nSPS) is 23.3. The van der Waals surface area contributed by atoms with Crippen molar-refractivity contribution in [1.82, 2.24) is 14.8 Å². The molecule has 2 saturated heterocycles. The van der Waals surface area contributed by atoms with Crippen LogP contribution in [0.2, 0.25) is 0 Å². The van der Waals surface area contributed by atoms with Crippen molar-refractivity contribution in [3.05, 3.63) is 23.9 Å². The summed E-state index contributed by atoms with van der Waals surface area (Å²) in [5, 5.41) is 3.01. The number of pyridine rings is 1. The number of hydrogen-bond acceptors (Lipinski definition) is 4. The SMILES string of the molecule is CNc1ncccc1C(=O)N1CCC(N2CCCCC2)C1. The second-order valence-corrected chi connectivity index (χ2v) is 5.94. The molecule has 1 amide bonds. The lowest BCUT2D eigenvalue weighted by Crippen LogP contribution is -2.41. The first-order chi connectivity index (χ1) is 10.3. The van der Waals surface area contributed by atoms with E-state index < -0.39 is 0 Å². The van der Waals surface area contributed by atoms with Crippen molar-refractivity contribution in [1.29, 1.82) is 0 Å². The van der Waals surface area contributed by atoms with E-state index in [2.05, 4.69) is 15.2 Å². The number of rotatable bonds is 3. The van der Waals surface area contributed by atoms with Crippen LogP contribution >= 0.6 is 0 Å². The lowest BCUT2D eigenvalue weighted by atomic mass is 10.1. The van der Waals surface area contributed by atoms with Gasteiger partial charge >= 0.3 is 0 Å². The number of piperidine rings is 1. The van der Waals surface area contributed by atoms with Gasteiger partial charge in [-0.2, -0.15) is 0 Å². The standard InChI is InChI=1S/C16H24N4O/c1-17-15-14(6-5-8-18-15)16(21)20-11-7-13(12-20)19-9-3-2-4-10-19/h5-6,8,13H,2-4,7,9-12H2,1H3,(H,17,18). The predicted octanol–water partition coefficient (Wildman–Crippen LogP) is 1.82. The summed E-state index contributed by atoms with van der Waals surface area (Å²) in [6.07, 6.45) is 6.77. The molecular weight excluding hydrogens is 264 g/mol. The summed E-state index contributed by atoms with van der Waals surface area (Å²) < 4.78 is 0.